The van der Waals surface area contributed by atoms with Crippen LogP contribution >= 0.6 is 11.6 Å². The molecule has 6 nitrogen and oxygen atoms in total. The van der Waals surface area contributed by atoms with E-state index in [1.54, 1.807) is 24.1 Å². The molecular formula is C25H28ClN3O3. The van der Waals surface area contributed by atoms with Gasteiger partial charge in [0.1, 0.15) is 6.61 Å². The standard InChI is InChI=1S/C25H28ClN3O3/c1-31-24-16-20(12-13-23(24)32-18-19-8-3-2-4-9-19)17-29(15-7-14-27)25(30)28-22-11-6-5-10-21(22)26/h2-6,8-13,16H,7,14-15,17-18,27H2,1H3,(H,28,30). The second-order valence-electron chi connectivity index (χ2n) is 7.23. The number of nitrogens with zero attached hydrogens (tertiary/aromatic N) is 1. The third kappa shape index (κ3) is 6.64. The van der Waals surface area contributed by atoms with Crippen LogP contribution in [-0.4, -0.2) is 31.1 Å². The summed E-state index contributed by atoms with van der Waals surface area (Å²) in [6.45, 7) is 1.85. The summed E-state index contributed by atoms with van der Waals surface area (Å²) in [6.07, 6.45) is 0.686. The predicted octanol–water partition coefficient (Wildman–Crippen LogP) is 5.31. The second-order valence-corrected chi connectivity index (χ2v) is 7.64. The van der Waals surface area contributed by atoms with Gasteiger partial charge in [0.2, 0.25) is 0 Å². The van der Waals surface area contributed by atoms with E-state index in [-0.39, 0.29) is 6.03 Å². The van der Waals surface area contributed by atoms with Gasteiger partial charge >= 0.3 is 6.03 Å². The molecule has 0 aliphatic rings. The molecule has 3 aromatic carbocycles. The third-order valence-corrected chi connectivity index (χ3v) is 5.20. The number of hydrogen-bond acceptors (Lipinski definition) is 4. The molecule has 0 bridgehead atoms. The summed E-state index contributed by atoms with van der Waals surface area (Å²) in [6, 6.07) is 22.5. The average molecular weight is 454 g/mol. The van der Waals surface area contributed by atoms with Crippen molar-refractivity contribution in [1.29, 1.82) is 0 Å². The number of nitrogens with one attached hydrogen (secondary N) is 1. The minimum Gasteiger partial charge on any atom is -0.493 e. The Labute approximate surface area is 193 Å². The Hall–Kier alpha value is -3.22. The number of carbonyl (C=O) groups excluding carboxylic acids is 1. The summed E-state index contributed by atoms with van der Waals surface area (Å²) < 4.78 is 11.5. The predicted molar refractivity (Wildman–Crippen MR) is 128 cm³/mol. The SMILES string of the molecule is COc1cc(CN(CCCN)C(=O)Nc2ccccc2Cl)ccc1OCc1ccccc1. The van der Waals surface area contributed by atoms with Gasteiger partial charge in [-0.15, -0.1) is 0 Å². The molecule has 0 spiro atoms. The molecular weight excluding hydrogens is 426 g/mol. The van der Waals surface area contributed by atoms with Gasteiger partial charge in [-0.3, -0.25) is 0 Å². The zero-order valence-electron chi connectivity index (χ0n) is 18.1. The fourth-order valence-electron chi connectivity index (χ4n) is 3.18. The zero-order chi connectivity index (χ0) is 22.8. The molecule has 2 amide bonds. The van der Waals surface area contributed by atoms with E-state index in [0.29, 0.717) is 54.9 Å². The summed E-state index contributed by atoms with van der Waals surface area (Å²) in [5.74, 6) is 1.26. The highest BCUT2D eigenvalue weighted by Crippen LogP contribution is 2.29. The number of anilines is 1. The number of methoxy groups -OCH3 is 1. The van der Waals surface area contributed by atoms with Crippen molar-refractivity contribution < 1.29 is 14.3 Å². The van der Waals surface area contributed by atoms with E-state index in [0.717, 1.165) is 11.1 Å². The van der Waals surface area contributed by atoms with Crippen LogP contribution in [0.1, 0.15) is 17.5 Å². The van der Waals surface area contributed by atoms with Gasteiger partial charge in [-0.25, -0.2) is 4.79 Å². The molecule has 0 atom stereocenters. The summed E-state index contributed by atoms with van der Waals surface area (Å²) in [4.78, 5) is 14.6. The van der Waals surface area contributed by atoms with Gasteiger partial charge in [-0.05, 0) is 48.4 Å². The number of halogens is 1. The molecule has 3 N–H and O–H groups in total. The first-order valence-electron chi connectivity index (χ1n) is 10.4. The monoisotopic (exact) mass is 453 g/mol. The van der Waals surface area contributed by atoms with Crippen molar-refractivity contribution in [1.82, 2.24) is 4.90 Å². The van der Waals surface area contributed by atoms with Crippen molar-refractivity contribution in [3.05, 3.63) is 88.9 Å². The molecule has 0 radical (unpaired) electrons. The topological polar surface area (TPSA) is 76.8 Å². The molecule has 0 unspecified atom stereocenters. The highest BCUT2D eigenvalue weighted by Gasteiger charge is 2.16. The number of hydrogen-bond donors (Lipinski definition) is 2. The molecule has 0 aromatic heterocycles. The number of carbonyl (C=O) groups is 1. The van der Waals surface area contributed by atoms with Crippen LogP contribution in [0.25, 0.3) is 0 Å². The van der Waals surface area contributed by atoms with E-state index < -0.39 is 0 Å². The molecule has 0 fully saturated rings. The smallest absolute Gasteiger partial charge is 0.322 e. The van der Waals surface area contributed by atoms with Crippen LogP contribution in [0.4, 0.5) is 10.5 Å². The lowest BCUT2D eigenvalue weighted by molar-refractivity contribution is 0.208. The maximum absolute atomic E-state index is 12.9. The van der Waals surface area contributed by atoms with Gasteiger partial charge in [0.25, 0.3) is 0 Å². The maximum atomic E-state index is 12.9. The number of amides is 2. The summed E-state index contributed by atoms with van der Waals surface area (Å²) in [5.41, 5.74) is 8.24. The fourth-order valence-corrected chi connectivity index (χ4v) is 3.36. The average Bonchev–Trinajstić information content (AvgIpc) is 2.82. The molecule has 7 heteroatoms. The molecule has 3 rings (SSSR count). The lowest BCUT2D eigenvalue weighted by Crippen LogP contribution is -2.36. The van der Waals surface area contributed by atoms with Gasteiger partial charge in [0.15, 0.2) is 11.5 Å². The van der Waals surface area contributed by atoms with Crippen LogP contribution in [0.5, 0.6) is 11.5 Å². The normalized spacial score (nSPS) is 10.5. The van der Waals surface area contributed by atoms with Crippen LogP contribution in [0.2, 0.25) is 5.02 Å². The lowest BCUT2D eigenvalue weighted by atomic mass is 10.1. The van der Waals surface area contributed by atoms with E-state index in [1.165, 1.54) is 0 Å². The first-order valence-corrected chi connectivity index (χ1v) is 10.8. The molecule has 3 aromatic rings. The number of benzene rings is 3. The van der Waals surface area contributed by atoms with Gasteiger partial charge in [0.05, 0.1) is 17.8 Å². The highest BCUT2D eigenvalue weighted by atomic mass is 35.5. The molecule has 168 valence electrons. The minimum absolute atomic E-state index is 0.241. The van der Waals surface area contributed by atoms with Gasteiger partial charge in [-0.1, -0.05) is 60.1 Å². The summed E-state index contributed by atoms with van der Waals surface area (Å²) >= 11 is 6.18. The molecule has 0 aliphatic heterocycles. The number of rotatable bonds is 10. The van der Waals surface area contributed by atoms with E-state index >= 15 is 0 Å². The van der Waals surface area contributed by atoms with Crippen molar-refractivity contribution in [2.45, 2.75) is 19.6 Å². The Balaban J connectivity index is 1.70. The van der Waals surface area contributed by atoms with Crippen molar-refractivity contribution in [2.75, 3.05) is 25.5 Å². The molecule has 0 heterocycles. The first kappa shape index (κ1) is 23.4. The lowest BCUT2D eigenvalue weighted by Gasteiger charge is -2.24. The number of urea groups is 1. The Morgan fingerprint density at radius 3 is 2.47 bits per heavy atom. The van der Waals surface area contributed by atoms with Crippen LogP contribution in [-0.2, 0) is 13.2 Å². The highest BCUT2D eigenvalue weighted by molar-refractivity contribution is 6.33. The Kier molecular flexibility index (Phi) is 8.78. The zero-order valence-corrected chi connectivity index (χ0v) is 18.8. The Morgan fingerprint density at radius 1 is 1.00 bits per heavy atom. The van der Waals surface area contributed by atoms with Crippen LogP contribution in [0.3, 0.4) is 0 Å². The second kappa shape index (κ2) is 12.0. The van der Waals surface area contributed by atoms with Crippen molar-refractivity contribution >= 4 is 23.3 Å². The van der Waals surface area contributed by atoms with E-state index in [1.807, 2.05) is 60.7 Å². The quantitative estimate of drug-likeness (QED) is 0.436. The van der Waals surface area contributed by atoms with Crippen molar-refractivity contribution in [3.63, 3.8) is 0 Å². The summed E-state index contributed by atoms with van der Waals surface area (Å²) in [5, 5.41) is 3.36. The number of nitrogens with two attached hydrogens (primary N) is 1. The van der Waals surface area contributed by atoms with Gasteiger partial charge < -0.3 is 25.4 Å². The van der Waals surface area contributed by atoms with E-state index in [4.69, 9.17) is 26.8 Å². The molecule has 0 aliphatic carbocycles. The maximum Gasteiger partial charge on any atom is 0.322 e. The third-order valence-electron chi connectivity index (χ3n) is 4.87. The Morgan fingerprint density at radius 2 is 1.75 bits per heavy atom. The van der Waals surface area contributed by atoms with Crippen molar-refractivity contribution in [3.8, 4) is 11.5 Å². The van der Waals surface area contributed by atoms with Gasteiger partial charge in [-0.2, -0.15) is 0 Å². The van der Waals surface area contributed by atoms with Gasteiger partial charge in [0, 0.05) is 13.1 Å². The molecule has 0 saturated heterocycles. The Bertz CT molecular complexity index is 1010. The largest absolute Gasteiger partial charge is 0.493 e. The fraction of sp³-hybridized carbons (Fsp3) is 0.240. The minimum atomic E-state index is -0.241. The van der Waals surface area contributed by atoms with E-state index in [2.05, 4.69) is 5.32 Å². The van der Waals surface area contributed by atoms with Crippen LogP contribution in [0, 0.1) is 0 Å². The number of para-hydroxylation sites is 1. The first-order chi connectivity index (χ1) is 15.6. The molecule has 0 saturated carbocycles. The van der Waals surface area contributed by atoms with Crippen LogP contribution < -0.4 is 20.5 Å². The van der Waals surface area contributed by atoms with E-state index in [9.17, 15) is 4.79 Å². The summed E-state index contributed by atoms with van der Waals surface area (Å²) in [7, 11) is 1.60. The van der Waals surface area contributed by atoms with Crippen molar-refractivity contribution in [2.24, 2.45) is 5.73 Å². The van der Waals surface area contributed by atoms with Crippen LogP contribution in [0.15, 0.2) is 72.8 Å². The number of ether oxygens (including phenoxy) is 2. The molecule has 32 heavy (non-hydrogen) atoms.